The van der Waals surface area contributed by atoms with E-state index in [0.717, 1.165) is 64.6 Å². The Bertz CT molecular complexity index is 1040. The summed E-state index contributed by atoms with van der Waals surface area (Å²) in [4.78, 5) is 47.6. The highest BCUT2D eigenvalue weighted by Crippen LogP contribution is 2.23. The fraction of sp³-hybridized carbons (Fsp3) is 0.750. The molecule has 0 aliphatic carbocycles. The zero-order valence-electron chi connectivity index (χ0n) is 26.1. The van der Waals surface area contributed by atoms with Gasteiger partial charge in [-0.25, -0.2) is 19.2 Å². The molecule has 0 saturated carbocycles. The van der Waals surface area contributed by atoms with Gasteiger partial charge < -0.3 is 47.0 Å². The van der Waals surface area contributed by atoms with E-state index in [1.54, 1.807) is 0 Å². The predicted molar refractivity (Wildman–Crippen MR) is 155 cm³/mol. The average molecular weight is 653 g/mol. The second kappa shape index (κ2) is 17.8. The fourth-order valence-corrected chi connectivity index (χ4v) is 5.66. The molecule has 5 saturated heterocycles. The van der Waals surface area contributed by atoms with E-state index in [4.69, 9.17) is 47.0 Å². The van der Waals surface area contributed by atoms with Crippen molar-refractivity contribution >= 4 is 23.9 Å². The Hall–Kier alpha value is -3.04. The molecule has 0 N–H and O–H groups in total. The van der Waals surface area contributed by atoms with E-state index in [2.05, 4.69) is 0 Å². The number of rotatable bonds is 12. The summed E-state index contributed by atoms with van der Waals surface area (Å²) in [6, 6.07) is 2.81. The quantitative estimate of drug-likeness (QED) is 0.239. The molecule has 0 radical (unpaired) electrons. The van der Waals surface area contributed by atoms with Crippen molar-refractivity contribution in [3.63, 3.8) is 0 Å². The smallest absolute Gasteiger partial charge is 0.374 e. The van der Waals surface area contributed by atoms with Crippen molar-refractivity contribution in [3.05, 3.63) is 23.7 Å². The predicted octanol–water partition coefficient (Wildman–Crippen LogP) is 2.93. The maximum Gasteiger partial charge on any atom is 0.374 e. The summed E-state index contributed by atoms with van der Waals surface area (Å²) in [5, 5.41) is 0. The molecular weight excluding hydrogens is 608 g/mol. The fourth-order valence-electron chi connectivity index (χ4n) is 5.66. The van der Waals surface area contributed by atoms with Crippen LogP contribution in [0.1, 0.15) is 85.3 Å². The third kappa shape index (κ3) is 10.5. The summed E-state index contributed by atoms with van der Waals surface area (Å²) >= 11 is 0. The van der Waals surface area contributed by atoms with Crippen molar-refractivity contribution in [1.29, 1.82) is 0 Å². The second-order valence-corrected chi connectivity index (χ2v) is 11.9. The van der Waals surface area contributed by atoms with E-state index < -0.39 is 36.1 Å². The van der Waals surface area contributed by atoms with E-state index in [1.165, 1.54) is 12.1 Å². The molecule has 5 aliphatic heterocycles. The van der Waals surface area contributed by atoms with E-state index in [0.29, 0.717) is 26.1 Å². The van der Waals surface area contributed by atoms with Gasteiger partial charge in [-0.15, -0.1) is 0 Å². The van der Waals surface area contributed by atoms with Gasteiger partial charge in [0.1, 0.15) is 26.4 Å². The molecule has 6 unspecified atom stereocenters. The molecule has 5 fully saturated rings. The Balaban J connectivity index is 0.000000181. The SMILES string of the molecule is O=C(OCC1CCCO1)C1CCC(C(=O)OCC2CCCO2)O1.O=C(OCC1CCCO1)c1ccc(C(=O)OCC2CCCO2)o1. The van der Waals surface area contributed by atoms with E-state index >= 15 is 0 Å². The molecule has 14 heteroatoms. The standard InChI is InChI=1S/C16H24O7.C16H20O7/c2*17-15(21-9-11-3-1-7-19-11)13-5-6-14(23-13)16(18)22-10-12-4-2-8-20-12/h11-14H,1-10H2;5-6,11-12H,1-4,7-10H2. The molecule has 0 amide bonds. The highest BCUT2D eigenvalue weighted by molar-refractivity contribution is 5.90. The van der Waals surface area contributed by atoms with Gasteiger partial charge in [0.05, 0.1) is 24.4 Å². The maximum absolute atomic E-state index is 12.0. The number of carbonyl (C=O) groups is 4. The lowest BCUT2D eigenvalue weighted by Gasteiger charge is -2.15. The Morgan fingerprint density at radius 2 is 0.870 bits per heavy atom. The van der Waals surface area contributed by atoms with Crippen LogP contribution < -0.4 is 0 Å². The first-order valence-electron chi connectivity index (χ1n) is 16.3. The van der Waals surface area contributed by atoms with Crippen LogP contribution >= 0.6 is 0 Å². The normalized spacial score (nSPS) is 28.8. The van der Waals surface area contributed by atoms with Crippen LogP contribution in [0.5, 0.6) is 0 Å². The first-order chi connectivity index (χ1) is 22.4. The van der Waals surface area contributed by atoms with Crippen LogP contribution in [-0.4, -0.2) is 113 Å². The molecule has 0 bridgehead atoms. The minimum absolute atomic E-state index is 0.00692. The molecule has 0 aromatic carbocycles. The first-order valence-corrected chi connectivity index (χ1v) is 16.3. The lowest BCUT2D eigenvalue weighted by atomic mass is 10.2. The van der Waals surface area contributed by atoms with Crippen LogP contribution in [-0.2, 0) is 52.2 Å². The third-order valence-electron chi connectivity index (χ3n) is 8.27. The number of esters is 4. The van der Waals surface area contributed by atoms with Crippen molar-refractivity contribution in [2.75, 3.05) is 52.9 Å². The topological polar surface area (TPSA) is 164 Å². The molecule has 6 atom stereocenters. The minimum atomic E-state index is -0.684. The first kappa shape index (κ1) is 34.3. The summed E-state index contributed by atoms with van der Waals surface area (Å²) in [6.07, 6.45) is 7.01. The molecule has 46 heavy (non-hydrogen) atoms. The number of ether oxygens (including phenoxy) is 9. The summed E-state index contributed by atoms with van der Waals surface area (Å²) in [5.41, 5.74) is 0. The van der Waals surface area contributed by atoms with Gasteiger partial charge in [0.25, 0.3) is 0 Å². The second-order valence-electron chi connectivity index (χ2n) is 11.9. The number of carbonyl (C=O) groups excluding carboxylic acids is 4. The molecule has 0 spiro atoms. The Kier molecular flexibility index (Phi) is 13.2. The molecule has 256 valence electrons. The van der Waals surface area contributed by atoms with Gasteiger partial charge in [0.15, 0.2) is 12.2 Å². The van der Waals surface area contributed by atoms with Crippen LogP contribution in [0.2, 0.25) is 0 Å². The van der Waals surface area contributed by atoms with Crippen molar-refractivity contribution in [3.8, 4) is 0 Å². The van der Waals surface area contributed by atoms with E-state index in [-0.39, 0.29) is 62.4 Å². The summed E-state index contributed by atoms with van der Waals surface area (Å²) in [5.74, 6) is -2.11. The van der Waals surface area contributed by atoms with Crippen LogP contribution in [0.3, 0.4) is 0 Å². The maximum atomic E-state index is 12.0. The molecule has 1 aromatic heterocycles. The summed E-state index contributed by atoms with van der Waals surface area (Å²) in [7, 11) is 0. The van der Waals surface area contributed by atoms with Crippen molar-refractivity contribution < 1.29 is 66.2 Å². The van der Waals surface area contributed by atoms with E-state index in [1.807, 2.05) is 0 Å². The zero-order chi connectivity index (χ0) is 32.1. The average Bonchev–Trinajstić information content (AvgIpc) is 3.93. The Morgan fingerprint density at radius 3 is 1.20 bits per heavy atom. The molecule has 6 heterocycles. The zero-order valence-corrected chi connectivity index (χ0v) is 26.1. The monoisotopic (exact) mass is 652 g/mol. The van der Waals surface area contributed by atoms with Gasteiger partial charge in [0.2, 0.25) is 11.5 Å². The van der Waals surface area contributed by atoms with Gasteiger partial charge in [-0.1, -0.05) is 0 Å². The molecule has 5 aliphatic rings. The van der Waals surface area contributed by atoms with Crippen LogP contribution in [0, 0.1) is 0 Å². The van der Waals surface area contributed by atoms with Crippen LogP contribution in [0.25, 0.3) is 0 Å². The number of hydrogen-bond acceptors (Lipinski definition) is 14. The van der Waals surface area contributed by atoms with Gasteiger partial charge in [-0.2, -0.15) is 0 Å². The third-order valence-corrected chi connectivity index (χ3v) is 8.27. The number of hydrogen-bond donors (Lipinski definition) is 0. The van der Waals surface area contributed by atoms with Crippen LogP contribution in [0.15, 0.2) is 16.5 Å². The minimum Gasteiger partial charge on any atom is -0.461 e. The molecular formula is C32H44O14. The lowest BCUT2D eigenvalue weighted by Crippen LogP contribution is -2.31. The Labute approximate surface area is 267 Å². The van der Waals surface area contributed by atoms with Crippen molar-refractivity contribution in [2.45, 2.75) is 101 Å². The summed E-state index contributed by atoms with van der Waals surface area (Å²) in [6.45, 7) is 3.74. The lowest BCUT2D eigenvalue weighted by molar-refractivity contribution is -0.168. The Morgan fingerprint density at radius 1 is 0.522 bits per heavy atom. The van der Waals surface area contributed by atoms with Crippen molar-refractivity contribution in [2.24, 2.45) is 0 Å². The van der Waals surface area contributed by atoms with Gasteiger partial charge in [0, 0.05) is 26.4 Å². The highest BCUT2D eigenvalue weighted by atomic mass is 16.6. The van der Waals surface area contributed by atoms with Gasteiger partial charge in [-0.3, -0.25) is 0 Å². The van der Waals surface area contributed by atoms with E-state index in [9.17, 15) is 19.2 Å². The summed E-state index contributed by atoms with van der Waals surface area (Å²) < 4.78 is 52.9. The molecule has 14 nitrogen and oxygen atoms in total. The van der Waals surface area contributed by atoms with Gasteiger partial charge in [-0.05, 0) is 76.3 Å². The van der Waals surface area contributed by atoms with Crippen LogP contribution in [0.4, 0.5) is 0 Å². The molecule has 6 rings (SSSR count). The number of furan rings is 1. The highest BCUT2D eigenvalue weighted by Gasteiger charge is 2.37. The van der Waals surface area contributed by atoms with Gasteiger partial charge >= 0.3 is 23.9 Å². The largest absolute Gasteiger partial charge is 0.461 e. The van der Waals surface area contributed by atoms with Crippen molar-refractivity contribution in [1.82, 2.24) is 0 Å². The molecule has 1 aromatic rings.